The number of hydrogen-bond donors (Lipinski definition) is 0. The van der Waals surface area contributed by atoms with Gasteiger partial charge in [-0.05, 0) is 24.3 Å². The predicted octanol–water partition coefficient (Wildman–Crippen LogP) is 4.03. The van der Waals surface area contributed by atoms with Gasteiger partial charge in [0.2, 0.25) is 0 Å². The van der Waals surface area contributed by atoms with Crippen LogP contribution in [0.4, 0.5) is 5.69 Å². The van der Waals surface area contributed by atoms with Crippen LogP contribution in [-0.4, -0.2) is 0 Å². The highest BCUT2D eigenvalue weighted by molar-refractivity contribution is 5.35. The van der Waals surface area contributed by atoms with Gasteiger partial charge in [0.15, 0.2) is 0 Å². The largest absolute Gasteiger partial charge is 0.151 e. The Morgan fingerprint density at radius 2 is 1.86 bits per heavy atom. The number of allylic oxidation sites excluding steroid dienone is 3. The Morgan fingerprint density at radius 3 is 2.43 bits per heavy atom. The SMILES string of the molecule is C=C/C=C(\C=C)N=Nc1ccccc1. The molecule has 0 N–H and O–H groups in total. The van der Waals surface area contributed by atoms with Gasteiger partial charge in [0.25, 0.3) is 0 Å². The summed E-state index contributed by atoms with van der Waals surface area (Å²) in [5.74, 6) is 0. The van der Waals surface area contributed by atoms with Crippen molar-refractivity contribution < 1.29 is 0 Å². The van der Waals surface area contributed by atoms with E-state index in [0.717, 1.165) is 5.69 Å². The lowest BCUT2D eigenvalue weighted by Gasteiger charge is -1.91. The van der Waals surface area contributed by atoms with Crippen LogP contribution in [0.1, 0.15) is 0 Å². The molecule has 0 unspecified atom stereocenters. The van der Waals surface area contributed by atoms with Gasteiger partial charge in [0.05, 0.1) is 11.4 Å². The lowest BCUT2D eigenvalue weighted by Crippen LogP contribution is -1.67. The second-order valence-corrected chi connectivity index (χ2v) is 2.57. The molecule has 14 heavy (non-hydrogen) atoms. The third kappa shape index (κ3) is 3.19. The molecular weight excluding hydrogens is 172 g/mol. The first kappa shape index (κ1) is 10.1. The van der Waals surface area contributed by atoms with Crippen molar-refractivity contribution >= 4 is 5.69 Å². The van der Waals surface area contributed by atoms with Crippen LogP contribution in [0, 0.1) is 0 Å². The first-order valence-corrected chi connectivity index (χ1v) is 4.29. The van der Waals surface area contributed by atoms with Crippen molar-refractivity contribution in [2.75, 3.05) is 0 Å². The molecule has 0 heterocycles. The molecule has 0 bridgehead atoms. The van der Waals surface area contributed by atoms with E-state index in [1.54, 1.807) is 18.2 Å². The summed E-state index contributed by atoms with van der Waals surface area (Å²) in [5.41, 5.74) is 1.52. The fourth-order valence-electron chi connectivity index (χ4n) is 0.873. The Labute approximate surface area is 84.0 Å². The smallest absolute Gasteiger partial charge is 0.0857 e. The van der Waals surface area contributed by atoms with Gasteiger partial charge in [-0.2, -0.15) is 10.2 Å². The van der Waals surface area contributed by atoms with E-state index in [2.05, 4.69) is 23.4 Å². The zero-order valence-corrected chi connectivity index (χ0v) is 7.93. The van der Waals surface area contributed by atoms with E-state index in [9.17, 15) is 0 Å². The highest BCUT2D eigenvalue weighted by Crippen LogP contribution is 2.12. The molecule has 0 radical (unpaired) electrons. The molecule has 0 spiro atoms. The summed E-state index contributed by atoms with van der Waals surface area (Å²) in [6, 6.07) is 9.54. The molecule has 2 heteroatoms. The van der Waals surface area contributed by atoms with Crippen molar-refractivity contribution in [3.63, 3.8) is 0 Å². The Morgan fingerprint density at radius 1 is 1.14 bits per heavy atom. The average Bonchev–Trinajstić information content (AvgIpc) is 2.25. The molecule has 0 aliphatic rings. The third-order valence-corrected chi connectivity index (χ3v) is 1.53. The second kappa shape index (κ2) is 5.65. The van der Waals surface area contributed by atoms with Gasteiger partial charge in [0.1, 0.15) is 0 Å². The van der Waals surface area contributed by atoms with E-state index < -0.39 is 0 Å². The van der Waals surface area contributed by atoms with E-state index in [1.165, 1.54) is 0 Å². The number of nitrogens with zero attached hydrogens (tertiary/aromatic N) is 2. The fourth-order valence-corrected chi connectivity index (χ4v) is 0.873. The quantitative estimate of drug-likeness (QED) is 0.498. The summed E-state index contributed by atoms with van der Waals surface area (Å²) in [6.07, 6.45) is 5.04. The molecule has 0 saturated carbocycles. The zero-order valence-electron chi connectivity index (χ0n) is 7.93. The van der Waals surface area contributed by atoms with Crippen molar-refractivity contribution in [1.29, 1.82) is 0 Å². The Bertz CT molecular complexity index is 361. The zero-order chi connectivity index (χ0) is 10.2. The first-order chi connectivity index (χ1) is 6.86. The van der Waals surface area contributed by atoms with E-state index in [1.807, 2.05) is 30.3 Å². The molecular formula is C12H12N2. The minimum atomic E-state index is 0.698. The summed E-state index contributed by atoms with van der Waals surface area (Å²) < 4.78 is 0. The molecule has 0 saturated heterocycles. The maximum atomic E-state index is 4.03. The highest BCUT2D eigenvalue weighted by Gasteiger charge is 1.86. The van der Waals surface area contributed by atoms with E-state index >= 15 is 0 Å². The Balaban J connectivity index is 2.77. The standard InChI is InChI=1S/C12H12N2/c1-3-8-11(4-2)13-14-12-9-6-5-7-10-12/h3-10H,1-2H2/b11-8+,14-13?. The van der Waals surface area contributed by atoms with Gasteiger partial charge in [0, 0.05) is 0 Å². The molecule has 0 fully saturated rings. The molecule has 0 atom stereocenters. The molecule has 2 nitrogen and oxygen atoms in total. The van der Waals surface area contributed by atoms with Gasteiger partial charge in [-0.1, -0.05) is 37.4 Å². The van der Waals surface area contributed by atoms with Gasteiger partial charge >= 0.3 is 0 Å². The topological polar surface area (TPSA) is 24.7 Å². The monoisotopic (exact) mass is 184 g/mol. The van der Waals surface area contributed by atoms with Crippen molar-refractivity contribution in [2.45, 2.75) is 0 Å². The summed E-state index contributed by atoms with van der Waals surface area (Å²) in [5, 5.41) is 8.03. The molecule has 0 aliphatic carbocycles. The minimum absolute atomic E-state index is 0.698. The lowest BCUT2D eigenvalue weighted by molar-refractivity contribution is 1.17. The number of rotatable bonds is 4. The normalized spacial score (nSPS) is 11.6. The van der Waals surface area contributed by atoms with Crippen molar-refractivity contribution in [1.82, 2.24) is 0 Å². The molecule has 1 aromatic rings. The molecule has 1 aromatic carbocycles. The number of hydrogen-bond acceptors (Lipinski definition) is 2. The maximum Gasteiger partial charge on any atom is 0.0857 e. The number of azo groups is 1. The van der Waals surface area contributed by atoms with Gasteiger partial charge < -0.3 is 0 Å². The van der Waals surface area contributed by atoms with Crippen LogP contribution in [0.2, 0.25) is 0 Å². The van der Waals surface area contributed by atoms with Crippen molar-refractivity contribution in [3.8, 4) is 0 Å². The van der Waals surface area contributed by atoms with Crippen LogP contribution in [0.5, 0.6) is 0 Å². The molecule has 70 valence electrons. The van der Waals surface area contributed by atoms with Crippen LogP contribution >= 0.6 is 0 Å². The maximum absolute atomic E-state index is 4.03. The van der Waals surface area contributed by atoms with Crippen molar-refractivity contribution in [3.05, 3.63) is 67.4 Å². The van der Waals surface area contributed by atoms with Gasteiger partial charge in [-0.3, -0.25) is 0 Å². The summed E-state index contributed by atoms with van der Waals surface area (Å²) >= 11 is 0. The highest BCUT2D eigenvalue weighted by atomic mass is 15.1. The summed E-state index contributed by atoms with van der Waals surface area (Å²) in [7, 11) is 0. The van der Waals surface area contributed by atoms with Crippen LogP contribution in [0.25, 0.3) is 0 Å². The fraction of sp³-hybridized carbons (Fsp3) is 0. The predicted molar refractivity (Wildman–Crippen MR) is 59.4 cm³/mol. The lowest BCUT2D eigenvalue weighted by atomic mass is 10.3. The second-order valence-electron chi connectivity index (χ2n) is 2.57. The van der Waals surface area contributed by atoms with Crippen LogP contribution in [0.3, 0.4) is 0 Å². The summed E-state index contributed by atoms with van der Waals surface area (Å²) in [4.78, 5) is 0. The molecule has 0 aromatic heterocycles. The minimum Gasteiger partial charge on any atom is -0.151 e. The summed E-state index contributed by atoms with van der Waals surface area (Å²) in [6.45, 7) is 7.20. The van der Waals surface area contributed by atoms with Crippen LogP contribution in [-0.2, 0) is 0 Å². The first-order valence-electron chi connectivity index (χ1n) is 4.29. The van der Waals surface area contributed by atoms with E-state index in [-0.39, 0.29) is 0 Å². The van der Waals surface area contributed by atoms with E-state index in [0.29, 0.717) is 5.70 Å². The van der Waals surface area contributed by atoms with Crippen LogP contribution < -0.4 is 0 Å². The molecule has 0 aliphatic heterocycles. The molecule has 0 amide bonds. The average molecular weight is 184 g/mol. The Hall–Kier alpha value is -1.96. The van der Waals surface area contributed by atoms with Crippen LogP contribution in [0.15, 0.2) is 77.6 Å². The van der Waals surface area contributed by atoms with E-state index in [4.69, 9.17) is 0 Å². The number of benzene rings is 1. The molecule has 1 rings (SSSR count). The van der Waals surface area contributed by atoms with Gasteiger partial charge in [-0.25, -0.2) is 0 Å². The van der Waals surface area contributed by atoms with Gasteiger partial charge in [-0.15, -0.1) is 0 Å². The van der Waals surface area contributed by atoms with Crippen molar-refractivity contribution in [2.24, 2.45) is 10.2 Å². The Kier molecular flexibility index (Phi) is 4.08. The third-order valence-electron chi connectivity index (χ3n) is 1.53.